The summed E-state index contributed by atoms with van der Waals surface area (Å²) < 4.78 is 0. The van der Waals surface area contributed by atoms with E-state index >= 15 is 0 Å². The largest absolute Gasteiger partial charge is 0.368 e. The van der Waals surface area contributed by atoms with Crippen LogP contribution in [0.3, 0.4) is 0 Å². The summed E-state index contributed by atoms with van der Waals surface area (Å²) in [6.07, 6.45) is 5.07. The van der Waals surface area contributed by atoms with E-state index < -0.39 is 11.9 Å². The number of rotatable bonds is 6. The molecule has 0 radical (unpaired) electrons. The number of primary amides is 1. The molecule has 2 atom stereocenters. The Kier molecular flexibility index (Phi) is 5.30. The van der Waals surface area contributed by atoms with E-state index in [1.807, 2.05) is 19.1 Å². The van der Waals surface area contributed by atoms with Crippen LogP contribution in [0.1, 0.15) is 25.8 Å². The van der Waals surface area contributed by atoms with Crippen LogP contribution < -0.4 is 11.1 Å². The number of hydrogen-bond donors (Lipinski definition) is 2. The van der Waals surface area contributed by atoms with Crippen LogP contribution in [0.4, 0.5) is 0 Å². The first-order valence-corrected chi connectivity index (χ1v) is 5.96. The molecule has 0 aromatic carbocycles. The molecule has 0 saturated carbocycles. The van der Waals surface area contributed by atoms with E-state index in [9.17, 15) is 9.59 Å². The Labute approximate surface area is 107 Å². The Morgan fingerprint density at radius 2 is 2.00 bits per heavy atom. The number of pyridine rings is 1. The lowest BCUT2D eigenvalue weighted by Gasteiger charge is -2.21. The zero-order chi connectivity index (χ0) is 13.5. The minimum absolute atomic E-state index is 0.000402. The fourth-order valence-corrected chi connectivity index (χ4v) is 1.82. The third-order valence-electron chi connectivity index (χ3n) is 2.87. The molecular formula is C13H19N3O2. The second kappa shape index (κ2) is 6.74. The Balaban J connectivity index is 2.54. The predicted molar refractivity (Wildman–Crippen MR) is 68.5 cm³/mol. The van der Waals surface area contributed by atoms with Crippen LogP contribution in [-0.4, -0.2) is 22.8 Å². The third-order valence-corrected chi connectivity index (χ3v) is 2.87. The van der Waals surface area contributed by atoms with Crippen molar-refractivity contribution in [2.75, 3.05) is 0 Å². The van der Waals surface area contributed by atoms with Crippen LogP contribution in [0.15, 0.2) is 24.5 Å². The molecule has 2 amide bonds. The highest BCUT2D eigenvalue weighted by Gasteiger charge is 2.23. The Bertz CT molecular complexity index is 406. The molecule has 0 fully saturated rings. The molecule has 98 valence electrons. The molecule has 1 heterocycles. The molecule has 0 bridgehead atoms. The summed E-state index contributed by atoms with van der Waals surface area (Å²) in [6, 6.07) is 3.26. The van der Waals surface area contributed by atoms with Gasteiger partial charge in [-0.1, -0.05) is 6.92 Å². The maximum absolute atomic E-state index is 11.3. The van der Waals surface area contributed by atoms with Crippen LogP contribution in [0.25, 0.3) is 0 Å². The van der Waals surface area contributed by atoms with Gasteiger partial charge in [0.25, 0.3) is 0 Å². The van der Waals surface area contributed by atoms with E-state index in [-0.39, 0.29) is 11.8 Å². The molecule has 3 N–H and O–H groups in total. The van der Waals surface area contributed by atoms with Crippen LogP contribution >= 0.6 is 0 Å². The van der Waals surface area contributed by atoms with Crippen molar-refractivity contribution >= 4 is 11.8 Å². The van der Waals surface area contributed by atoms with Gasteiger partial charge in [-0.05, 0) is 36.5 Å². The number of aryl methyl sites for hydroxylation is 1. The Morgan fingerprint density at radius 3 is 2.50 bits per heavy atom. The maximum atomic E-state index is 11.3. The van der Waals surface area contributed by atoms with Gasteiger partial charge in [0.05, 0.1) is 0 Å². The standard InChI is InChI=1S/C13H19N3O2/c1-9(12(13(14)18)16-10(2)17)3-4-11-5-7-15-8-6-11/h5-9,12H,3-4H2,1-2H3,(H2,14,18)(H,16,17). The molecule has 5 heteroatoms. The summed E-state index contributed by atoms with van der Waals surface area (Å²) in [5.74, 6) is -0.735. The maximum Gasteiger partial charge on any atom is 0.240 e. The minimum atomic E-state index is -0.607. The van der Waals surface area contributed by atoms with Crippen molar-refractivity contribution in [1.82, 2.24) is 10.3 Å². The van der Waals surface area contributed by atoms with Gasteiger partial charge in [0.2, 0.25) is 11.8 Å². The van der Waals surface area contributed by atoms with Crippen LogP contribution in [0.2, 0.25) is 0 Å². The topological polar surface area (TPSA) is 85.1 Å². The molecule has 18 heavy (non-hydrogen) atoms. The summed E-state index contributed by atoms with van der Waals surface area (Å²) in [5.41, 5.74) is 6.45. The number of nitrogens with two attached hydrogens (primary N) is 1. The van der Waals surface area contributed by atoms with E-state index in [2.05, 4.69) is 10.3 Å². The number of aromatic nitrogens is 1. The van der Waals surface area contributed by atoms with Crippen molar-refractivity contribution in [2.24, 2.45) is 11.7 Å². The lowest BCUT2D eigenvalue weighted by molar-refractivity contribution is -0.127. The second-order valence-corrected chi connectivity index (χ2v) is 4.45. The zero-order valence-corrected chi connectivity index (χ0v) is 10.7. The number of hydrogen-bond acceptors (Lipinski definition) is 3. The van der Waals surface area contributed by atoms with Crippen molar-refractivity contribution in [2.45, 2.75) is 32.7 Å². The van der Waals surface area contributed by atoms with Gasteiger partial charge in [-0.3, -0.25) is 14.6 Å². The van der Waals surface area contributed by atoms with Gasteiger partial charge in [-0.15, -0.1) is 0 Å². The van der Waals surface area contributed by atoms with Crippen molar-refractivity contribution in [3.63, 3.8) is 0 Å². The van der Waals surface area contributed by atoms with Gasteiger partial charge >= 0.3 is 0 Å². The molecule has 1 aromatic rings. The summed E-state index contributed by atoms with van der Waals surface area (Å²) in [4.78, 5) is 26.2. The first-order valence-electron chi connectivity index (χ1n) is 5.96. The Morgan fingerprint density at radius 1 is 1.39 bits per heavy atom. The molecule has 0 aliphatic rings. The van der Waals surface area contributed by atoms with E-state index in [1.165, 1.54) is 6.92 Å². The van der Waals surface area contributed by atoms with E-state index in [4.69, 9.17) is 5.73 Å². The number of amides is 2. The molecule has 2 unspecified atom stereocenters. The minimum Gasteiger partial charge on any atom is -0.368 e. The lowest BCUT2D eigenvalue weighted by atomic mass is 9.94. The average Bonchev–Trinajstić information content (AvgIpc) is 2.34. The van der Waals surface area contributed by atoms with Gasteiger partial charge < -0.3 is 11.1 Å². The van der Waals surface area contributed by atoms with E-state index in [1.54, 1.807) is 12.4 Å². The fourth-order valence-electron chi connectivity index (χ4n) is 1.82. The molecule has 1 rings (SSSR count). The van der Waals surface area contributed by atoms with Gasteiger partial charge in [0.15, 0.2) is 0 Å². The highest BCUT2D eigenvalue weighted by Crippen LogP contribution is 2.12. The molecule has 1 aromatic heterocycles. The van der Waals surface area contributed by atoms with Crippen LogP contribution in [0.5, 0.6) is 0 Å². The molecule has 0 aliphatic heterocycles. The summed E-state index contributed by atoms with van der Waals surface area (Å²) >= 11 is 0. The van der Waals surface area contributed by atoms with Crippen molar-refractivity contribution in [1.29, 1.82) is 0 Å². The van der Waals surface area contributed by atoms with Crippen molar-refractivity contribution < 1.29 is 9.59 Å². The molecule has 0 saturated heterocycles. The number of carbonyl (C=O) groups is 2. The highest BCUT2D eigenvalue weighted by molar-refractivity contribution is 5.85. The second-order valence-electron chi connectivity index (χ2n) is 4.45. The fraction of sp³-hybridized carbons (Fsp3) is 0.462. The number of carbonyl (C=O) groups excluding carboxylic acids is 2. The Hall–Kier alpha value is -1.91. The highest BCUT2D eigenvalue weighted by atomic mass is 16.2. The van der Waals surface area contributed by atoms with Crippen LogP contribution in [-0.2, 0) is 16.0 Å². The summed E-state index contributed by atoms with van der Waals surface area (Å²) in [6.45, 7) is 3.29. The molecular weight excluding hydrogens is 230 g/mol. The average molecular weight is 249 g/mol. The molecule has 5 nitrogen and oxygen atoms in total. The lowest BCUT2D eigenvalue weighted by Crippen LogP contribution is -2.47. The molecule has 0 aliphatic carbocycles. The first kappa shape index (κ1) is 14.2. The van der Waals surface area contributed by atoms with Crippen molar-refractivity contribution in [3.05, 3.63) is 30.1 Å². The third kappa shape index (κ3) is 4.53. The van der Waals surface area contributed by atoms with Gasteiger partial charge in [-0.2, -0.15) is 0 Å². The number of nitrogens with one attached hydrogen (secondary N) is 1. The number of nitrogens with zero attached hydrogens (tertiary/aromatic N) is 1. The molecule has 0 spiro atoms. The smallest absolute Gasteiger partial charge is 0.240 e. The summed E-state index contributed by atoms with van der Waals surface area (Å²) in [5, 5.41) is 2.59. The summed E-state index contributed by atoms with van der Waals surface area (Å²) in [7, 11) is 0. The SMILES string of the molecule is CC(=O)NC(C(N)=O)C(C)CCc1ccncc1. The zero-order valence-electron chi connectivity index (χ0n) is 10.7. The van der Waals surface area contributed by atoms with E-state index in [0.29, 0.717) is 0 Å². The van der Waals surface area contributed by atoms with Crippen LogP contribution in [0, 0.1) is 5.92 Å². The first-order chi connectivity index (χ1) is 8.50. The van der Waals surface area contributed by atoms with Gasteiger partial charge in [0.1, 0.15) is 6.04 Å². The monoisotopic (exact) mass is 249 g/mol. The quantitative estimate of drug-likeness (QED) is 0.775. The van der Waals surface area contributed by atoms with Crippen molar-refractivity contribution in [3.8, 4) is 0 Å². The van der Waals surface area contributed by atoms with Gasteiger partial charge in [0, 0.05) is 19.3 Å². The van der Waals surface area contributed by atoms with Gasteiger partial charge in [-0.25, -0.2) is 0 Å². The normalized spacial score (nSPS) is 13.7. The van der Waals surface area contributed by atoms with E-state index in [0.717, 1.165) is 18.4 Å². The predicted octanol–water partition coefficient (Wildman–Crippen LogP) is 0.640.